The summed E-state index contributed by atoms with van der Waals surface area (Å²) in [6, 6.07) is 19.5. The lowest BCUT2D eigenvalue weighted by Gasteiger charge is -2.60. The summed E-state index contributed by atoms with van der Waals surface area (Å²) in [6.07, 6.45) is 21.3. The number of carbonyl (C=O) groups is 3. The highest BCUT2D eigenvalue weighted by atomic mass is 17.3. The fourth-order valence-corrected chi connectivity index (χ4v) is 19.4. The Morgan fingerprint density at radius 3 is 1.14 bits per heavy atom. The van der Waals surface area contributed by atoms with Crippen LogP contribution < -0.4 is 0 Å². The molecule has 12 saturated heterocycles. The Morgan fingerprint density at radius 1 is 0.406 bits per heavy atom. The molecule has 14 heterocycles. The van der Waals surface area contributed by atoms with E-state index >= 15 is 0 Å². The third-order valence-corrected chi connectivity index (χ3v) is 24.5. The second kappa shape index (κ2) is 31.9. The van der Waals surface area contributed by atoms with E-state index in [9.17, 15) is 14.4 Å². The molecule has 3 saturated carbocycles. The lowest BCUT2D eigenvalue weighted by Crippen LogP contribution is -2.70. The highest BCUT2D eigenvalue weighted by Crippen LogP contribution is 2.64. The van der Waals surface area contributed by atoms with E-state index in [4.69, 9.17) is 57.7 Å². The van der Waals surface area contributed by atoms with Gasteiger partial charge in [-0.2, -0.15) is 0 Å². The second-order valence-electron chi connectivity index (χ2n) is 30.3. The molecule has 17 nitrogen and oxygen atoms in total. The number of hydrogen-bond acceptors (Lipinski definition) is 17. The molecular formula is C79H118N2O15. The van der Waals surface area contributed by atoms with Crippen LogP contribution >= 0.6 is 0 Å². The van der Waals surface area contributed by atoms with Gasteiger partial charge in [-0.1, -0.05) is 126 Å². The maximum absolute atomic E-state index is 12.6. The molecule has 24 atom stereocenters. The van der Waals surface area contributed by atoms with E-state index in [0.29, 0.717) is 111 Å². The van der Waals surface area contributed by atoms with Gasteiger partial charge in [-0.05, 0) is 180 Å². The molecule has 0 N–H and O–H groups in total. The van der Waals surface area contributed by atoms with Crippen LogP contribution in [0.3, 0.4) is 0 Å². The highest BCUT2D eigenvalue weighted by Gasteiger charge is 2.72. The number of fused-ring (bicyclic) bond motifs is 6. The Labute approximate surface area is 574 Å². The summed E-state index contributed by atoms with van der Waals surface area (Å²) in [4.78, 5) is 82.3. The fourth-order valence-electron chi connectivity index (χ4n) is 19.4. The third kappa shape index (κ3) is 15.0. The van der Waals surface area contributed by atoms with E-state index < -0.39 is 53.0 Å². The first-order valence-electron chi connectivity index (χ1n) is 37.7. The van der Waals surface area contributed by atoms with Crippen LogP contribution in [0.2, 0.25) is 0 Å². The first kappa shape index (κ1) is 74.7. The maximum Gasteiger partial charge on any atom is 0.201 e. The van der Waals surface area contributed by atoms with Crippen molar-refractivity contribution in [3.8, 4) is 0 Å². The highest BCUT2D eigenvalue weighted by molar-refractivity contribution is 5.81. The molecule has 12 aliphatic heterocycles. The molecule has 96 heavy (non-hydrogen) atoms. The van der Waals surface area contributed by atoms with Gasteiger partial charge in [0.15, 0.2) is 35.7 Å². The van der Waals surface area contributed by atoms with Crippen LogP contribution in [0.15, 0.2) is 79.3 Å². The van der Waals surface area contributed by atoms with Gasteiger partial charge in [0.2, 0.25) is 17.4 Å². The van der Waals surface area contributed by atoms with E-state index in [0.717, 1.165) is 81.0 Å². The summed E-state index contributed by atoms with van der Waals surface area (Å²) in [5, 5.41) is 0. The van der Waals surface area contributed by atoms with Gasteiger partial charge < -0.3 is 28.4 Å². The van der Waals surface area contributed by atoms with E-state index in [-0.39, 0.29) is 47.5 Å². The number of pyridine rings is 2. The summed E-state index contributed by atoms with van der Waals surface area (Å²) in [6.45, 7) is 31.6. The van der Waals surface area contributed by atoms with Gasteiger partial charge in [-0.3, -0.25) is 24.4 Å². The number of benzene rings is 1. The van der Waals surface area contributed by atoms with Crippen LogP contribution in [-0.2, 0) is 91.4 Å². The molecule has 6 bridgehead atoms. The van der Waals surface area contributed by atoms with Crippen molar-refractivity contribution in [2.75, 3.05) is 0 Å². The summed E-state index contributed by atoms with van der Waals surface area (Å²) in [5.74, 6) is 3.10. The van der Waals surface area contributed by atoms with Crippen molar-refractivity contribution in [3.63, 3.8) is 0 Å². The first-order chi connectivity index (χ1) is 46.2. The molecule has 18 rings (SSSR count). The predicted molar refractivity (Wildman–Crippen MR) is 363 cm³/mol. The van der Waals surface area contributed by atoms with Crippen molar-refractivity contribution in [1.82, 2.24) is 9.97 Å². The van der Waals surface area contributed by atoms with Gasteiger partial charge in [0.25, 0.3) is 0 Å². The normalized spacial score (nSPS) is 42.3. The Morgan fingerprint density at radius 2 is 0.771 bits per heavy atom. The average molecular weight is 1340 g/mol. The van der Waals surface area contributed by atoms with Crippen LogP contribution in [0.1, 0.15) is 236 Å². The van der Waals surface area contributed by atoms with Crippen molar-refractivity contribution >= 4 is 17.3 Å². The Bertz CT molecular complexity index is 2670. The third-order valence-electron chi connectivity index (χ3n) is 24.5. The maximum atomic E-state index is 12.6. The SMILES string of the molecule is CC.CC.CC.C[C@H]1[C@@H](CCC(=O)Cc2ccccc2)O[C@@H]2O[C@]3(C)CC[C@H]4[C@H](C)CC[C@@H]1[C@@]24OO3.C[C@H]1[C@@H](CCC(=O)Cc2ccccn2)O[C@@H]2O[C@]3(C)CC[C@H]4[C@H](C)CC[C@@H]1[C@@]24OO3.C[C@H]1[C@@H](CCC(=O)Cc2cccnc2)O[C@@H]2O[C@]3(C)CC[C@H]4[C@H](C)CC[C@@H]1[C@@]24OO3. The lowest BCUT2D eigenvalue weighted by atomic mass is 9.57. The zero-order valence-electron chi connectivity index (χ0n) is 60.8. The Hall–Kier alpha value is -3.95. The van der Waals surface area contributed by atoms with Crippen LogP contribution in [0.5, 0.6) is 0 Å². The minimum absolute atomic E-state index is 0.00551. The number of hydrogen-bond donors (Lipinski definition) is 0. The molecule has 3 aliphatic carbocycles. The summed E-state index contributed by atoms with van der Waals surface area (Å²) >= 11 is 0. The van der Waals surface area contributed by atoms with Gasteiger partial charge >= 0.3 is 0 Å². The van der Waals surface area contributed by atoms with Crippen molar-refractivity contribution in [3.05, 3.63) is 96.1 Å². The van der Waals surface area contributed by atoms with Gasteiger partial charge in [0.1, 0.15) is 17.3 Å². The topological polar surface area (TPSA) is 188 Å². The largest absolute Gasteiger partial charge is 0.346 e. The molecule has 15 fully saturated rings. The fraction of sp³-hybridized carbons (Fsp3) is 0.759. The standard InChI is InChI=1S/C25H34O5.2C24H33NO5.3C2H6/c1-16-9-11-21-17(2)22(12-10-19(26)15-18-7-5-4-6-8-18)27-23-25(21)20(16)13-14-24(3,28-23)29-30-25;1-15-6-8-20-16(2)21(9-7-18(26)13-17-5-4-12-25-14-17)27-22-24(20)19(15)10-11-23(3,28-22)29-30-24;1-15-7-9-20-16(2)21(10-8-18(26)14-17-6-4-5-13-25-17)27-22-24(20)19(15)11-12-23(3,28-22)29-30-24;3*1-2/h4-8,16-17,20-23H,9-15H2,1-3H3;4-5,12,14-16,19-22H,6-11,13H2,1-3H3;4-6,13,15-16,19-22H,7-12,14H2,1-3H3;3*1-2H3/t16-,17-,20+,21+,22-,23-,24+,25-;2*15-,16-,19+,20+,21-,22-,23+,24-;;;/m111.../s1. The monoisotopic (exact) mass is 1330 g/mol. The van der Waals surface area contributed by atoms with Crippen LogP contribution in [0.25, 0.3) is 0 Å². The molecule has 0 unspecified atom stereocenters. The molecule has 0 radical (unpaired) electrons. The molecule has 534 valence electrons. The van der Waals surface area contributed by atoms with Crippen molar-refractivity contribution in [2.24, 2.45) is 71.0 Å². The molecule has 2 aromatic heterocycles. The zero-order valence-corrected chi connectivity index (χ0v) is 60.8. The van der Waals surface area contributed by atoms with Crippen LogP contribution in [0, 0.1) is 71.0 Å². The number of carbonyl (C=O) groups excluding carboxylic acids is 3. The molecule has 17 heteroatoms. The van der Waals surface area contributed by atoms with E-state index in [1.807, 2.05) is 123 Å². The number of Topliss-reactive ketones (excluding diaryl/α,β-unsaturated/α-hetero) is 3. The van der Waals surface area contributed by atoms with Gasteiger partial charge in [0.05, 0.1) is 18.3 Å². The summed E-state index contributed by atoms with van der Waals surface area (Å²) in [5.41, 5.74) is 1.30. The van der Waals surface area contributed by atoms with Crippen molar-refractivity contribution in [2.45, 2.75) is 310 Å². The van der Waals surface area contributed by atoms with Gasteiger partial charge in [-0.15, -0.1) is 0 Å². The summed E-state index contributed by atoms with van der Waals surface area (Å²) in [7, 11) is 0. The quantitative estimate of drug-likeness (QED) is 0.131. The van der Waals surface area contributed by atoms with Crippen molar-refractivity contribution in [1.29, 1.82) is 0 Å². The molecule has 15 aliphatic rings. The number of rotatable bonds is 15. The van der Waals surface area contributed by atoms with Crippen LogP contribution in [-0.4, -0.2) is 98.7 Å². The first-order valence-corrected chi connectivity index (χ1v) is 37.7. The smallest absolute Gasteiger partial charge is 0.201 e. The number of ether oxygens (including phenoxy) is 6. The molecule has 0 amide bonds. The number of nitrogens with zero attached hydrogens (tertiary/aromatic N) is 2. The van der Waals surface area contributed by atoms with Crippen LogP contribution in [0.4, 0.5) is 0 Å². The van der Waals surface area contributed by atoms with E-state index in [2.05, 4.69) is 51.5 Å². The second-order valence-corrected chi connectivity index (χ2v) is 30.3. The molecule has 1 aromatic carbocycles. The van der Waals surface area contributed by atoms with E-state index in [1.54, 1.807) is 18.6 Å². The number of ketones is 3. The molecule has 3 aromatic rings. The van der Waals surface area contributed by atoms with Gasteiger partial charge in [-0.25, -0.2) is 29.3 Å². The van der Waals surface area contributed by atoms with Crippen molar-refractivity contribution < 1.29 is 72.1 Å². The average Bonchev–Trinajstić information content (AvgIpc) is 1.37. The number of aromatic nitrogens is 2. The minimum Gasteiger partial charge on any atom is -0.346 e. The summed E-state index contributed by atoms with van der Waals surface area (Å²) < 4.78 is 38.9. The van der Waals surface area contributed by atoms with Gasteiger partial charge in [0, 0.05) is 99.8 Å². The zero-order chi connectivity index (χ0) is 68.8. The minimum atomic E-state index is -0.753. The molecule has 3 spiro atoms. The predicted octanol–water partition coefficient (Wildman–Crippen LogP) is 16.4. The lowest BCUT2D eigenvalue weighted by molar-refractivity contribution is -0.571. The molecular weight excluding hydrogens is 1220 g/mol. The Balaban J connectivity index is 0.000000151. The Kier molecular flexibility index (Phi) is 24.9. The van der Waals surface area contributed by atoms with E-state index in [1.165, 1.54) is 19.3 Å².